The van der Waals surface area contributed by atoms with E-state index in [1.807, 2.05) is 12.4 Å². The van der Waals surface area contributed by atoms with Crippen LogP contribution in [-0.2, 0) is 6.54 Å². The summed E-state index contributed by atoms with van der Waals surface area (Å²) in [5.41, 5.74) is 0.991. The second kappa shape index (κ2) is 4.57. The van der Waals surface area contributed by atoms with Crippen LogP contribution >= 0.6 is 0 Å². The van der Waals surface area contributed by atoms with Gasteiger partial charge in [0.25, 0.3) is 0 Å². The molecule has 0 atom stereocenters. The van der Waals surface area contributed by atoms with Crippen molar-refractivity contribution in [3.05, 3.63) is 18.1 Å². The number of hydrogen-bond donors (Lipinski definition) is 2. The van der Waals surface area contributed by atoms with Gasteiger partial charge < -0.3 is 10.6 Å². The Morgan fingerprint density at radius 2 is 2.13 bits per heavy atom. The van der Waals surface area contributed by atoms with Gasteiger partial charge in [0.2, 0.25) is 0 Å². The number of hydrogen-bond acceptors (Lipinski definition) is 4. The molecule has 4 nitrogen and oxygen atoms in total. The van der Waals surface area contributed by atoms with Gasteiger partial charge in [0.15, 0.2) is 0 Å². The van der Waals surface area contributed by atoms with E-state index in [0.717, 1.165) is 18.1 Å². The molecule has 2 N–H and O–H groups in total. The summed E-state index contributed by atoms with van der Waals surface area (Å²) in [5.74, 6) is 0.894. The zero-order chi connectivity index (χ0) is 10.7. The van der Waals surface area contributed by atoms with Crippen molar-refractivity contribution in [2.24, 2.45) is 0 Å². The van der Waals surface area contributed by atoms with Crippen molar-refractivity contribution in [1.82, 2.24) is 15.3 Å². The Balaban J connectivity index is 1.85. The molecule has 0 amide bonds. The lowest BCUT2D eigenvalue weighted by Gasteiger charge is -2.07. The molecule has 1 aliphatic carbocycles. The lowest BCUT2D eigenvalue weighted by Crippen LogP contribution is -2.22. The van der Waals surface area contributed by atoms with Gasteiger partial charge in [0.05, 0.1) is 18.1 Å². The summed E-state index contributed by atoms with van der Waals surface area (Å²) < 4.78 is 0. The van der Waals surface area contributed by atoms with Crippen molar-refractivity contribution in [3.8, 4) is 0 Å². The SMILES string of the molecule is CC(C)NCc1cnc(NC2CC2)cn1. The molecule has 0 spiro atoms. The second-order valence-corrected chi connectivity index (χ2v) is 4.35. The molecule has 4 heteroatoms. The average molecular weight is 206 g/mol. The fourth-order valence-corrected chi connectivity index (χ4v) is 1.27. The van der Waals surface area contributed by atoms with E-state index in [9.17, 15) is 0 Å². The molecule has 0 saturated heterocycles. The van der Waals surface area contributed by atoms with E-state index in [2.05, 4.69) is 34.4 Å². The van der Waals surface area contributed by atoms with Gasteiger partial charge in [-0.15, -0.1) is 0 Å². The minimum absolute atomic E-state index is 0.482. The molecule has 0 aromatic carbocycles. The summed E-state index contributed by atoms with van der Waals surface area (Å²) in [7, 11) is 0. The van der Waals surface area contributed by atoms with Crippen LogP contribution in [0, 0.1) is 0 Å². The van der Waals surface area contributed by atoms with E-state index in [0.29, 0.717) is 12.1 Å². The van der Waals surface area contributed by atoms with E-state index >= 15 is 0 Å². The smallest absolute Gasteiger partial charge is 0.144 e. The van der Waals surface area contributed by atoms with E-state index in [4.69, 9.17) is 0 Å². The van der Waals surface area contributed by atoms with E-state index < -0.39 is 0 Å². The zero-order valence-corrected chi connectivity index (χ0v) is 9.33. The molecule has 1 aromatic heterocycles. The van der Waals surface area contributed by atoms with Crippen molar-refractivity contribution >= 4 is 5.82 Å². The third-order valence-electron chi connectivity index (χ3n) is 2.33. The highest BCUT2D eigenvalue weighted by molar-refractivity contribution is 5.34. The molecular formula is C11H18N4. The van der Waals surface area contributed by atoms with Crippen LogP contribution in [0.25, 0.3) is 0 Å². The number of anilines is 1. The molecule has 0 bridgehead atoms. The maximum absolute atomic E-state index is 4.34. The third kappa shape index (κ3) is 3.47. The maximum atomic E-state index is 4.34. The molecule has 1 aromatic rings. The standard InChI is InChI=1S/C11H18N4/c1-8(2)12-5-10-6-14-11(7-13-10)15-9-3-4-9/h6-9,12H,3-5H2,1-2H3,(H,14,15). The lowest BCUT2D eigenvalue weighted by atomic mass is 10.3. The van der Waals surface area contributed by atoms with Crippen LogP contribution in [0.2, 0.25) is 0 Å². The first kappa shape index (κ1) is 10.4. The van der Waals surface area contributed by atoms with Crippen molar-refractivity contribution in [2.75, 3.05) is 5.32 Å². The molecule has 0 unspecified atom stereocenters. The summed E-state index contributed by atoms with van der Waals surface area (Å²) in [4.78, 5) is 8.67. The van der Waals surface area contributed by atoms with Crippen LogP contribution in [0.5, 0.6) is 0 Å². The minimum atomic E-state index is 0.482. The molecule has 0 aliphatic heterocycles. The zero-order valence-electron chi connectivity index (χ0n) is 9.33. The summed E-state index contributed by atoms with van der Waals surface area (Å²) in [6.45, 7) is 5.03. The molecule has 0 radical (unpaired) electrons. The highest BCUT2D eigenvalue weighted by Crippen LogP contribution is 2.22. The van der Waals surface area contributed by atoms with Gasteiger partial charge in [-0.2, -0.15) is 0 Å². The fraction of sp³-hybridized carbons (Fsp3) is 0.636. The number of rotatable bonds is 5. The Kier molecular flexibility index (Phi) is 3.16. The van der Waals surface area contributed by atoms with Crippen molar-refractivity contribution in [1.29, 1.82) is 0 Å². The van der Waals surface area contributed by atoms with Crippen molar-refractivity contribution < 1.29 is 0 Å². The van der Waals surface area contributed by atoms with Gasteiger partial charge in [-0.3, -0.25) is 4.98 Å². The van der Waals surface area contributed by atoms with Crippen LogP contribution in [0.15, 0.2) is 12.4 Å². The third-order valence-corrected chi connectivity index (χ3v) is 2.33. The maximum Gasteiger partial charge on any atom is 0.144 e. The summed E-state index contributed by atoms with van der Waals surface area (Å²) >= 11 is 0. The van der Waals surface area contributed by atoms with Crippen LogP contribution in [0.3, 0.4) is 0 Å². The highest BCUT2D eigenvalue weighted by atomic mass is 15.1. The summed E-state index contributed by atoms with van der Waals surface area (Å²) in [5, 5.41) is 6.63. The van der Waals surface area contributed by atoms with Crippen LogP contribution in [-0.4, -0.2) is 22.1 Å². The largest absolute Gasteiger partial charge is 0.366 e. The van der Waals surface area contributed by atoms with Crippen molar-refractivity contribution in [3.63, 3.8) is 0 Å². The van der Waals surface area contributed by atoms with E-state index in [1.165, 1.54) is 12.8 Å². The normalized spacial score (nSPS) is 15.7. The Labute approximate surface area is 90.5 Å². The van der Waals surface area contributed by atoms with Crippen LogP contribution in [0.4, 0.5) is 5.82 Å². The van der Waals surface area contributed by atoms with Gasteiger partial charge in [-0.05, 0) is 12.8 Å². The Bertz CT molecular complexity index is 303. The predicted molar refractivity (Wildman–Crippen MR) is 60.7 cm³/mol. The van der Waals surface area contributed by atoms with Gasteiger partial charge in [-0.1, -0.05) is 13.8 Å². The average Bonchev–Trinajstić information content (AvgIpc) is 3.01. The Morgan fingerprint density at radius 1 is 1.33 bits per heavy atom. The molecule has 1 heterocycles. The quantitative estimate of drug-likeness (QED) is 0.767. The molecule has 1 fully saturated rings. The molecule has 15 heavy (non-hydrogen) atoms. The van der Waals surface area contributed by atoms with Crippen LogP contribution < -0.4 is 10.6 Å². The topological polar surface area (TPSA) is 49.8 Å². The van der Waals surface area contributed by atoms with Gasteiger partial charge in [0.1, 0.15) is 5.82 Å². The summed E-state index contributed by atoms with van der Waals surface area (Å²) in [6.07, 6.45) is 6.17. The molecular weight excluding hydrogens is 188 g/mol. The molecule has 1 aliphatic rings. The number of nitrogens with zero attached hydrogens (tertiary/aromatic N) is 2. The van der Waals surface area contributed by atoms with Crippen LogP contribution in [0.1, 0.15) is 32.4 Å². The van der Waals surface area contributed by atoms with E-state index in [-0.39, 0.29) is 0 Å². The fourth-order valence-electron chi connectivity index (χ4n) is 1.27. The first-order valence-electron chi connectivity index (χ1n) is 5.55. The first-order valence-corrected chi connectivity index (χ1v) is 5.55. The number of nitrogens with one attached hydrogen (secondary N) is 2. The Morgan fingerprint density at radius 3 is 2.67 bits per heavy atom. The van der Waals surface area contributed by atoms with E-state index in [1.54, 1.807) is 0 Å². The lowest BCUT2D eigenvalue weighted by molar-refractivity contribution is 0.580. The minimum Gasteiger partial charge on any atom is -0.366 e. The monoisotopic (exact) mass is 206 g/mol. The number of aromatic nitrogens is 2. The highest BCUT2D eigenvalue weighted by Gasteiger charge is 2.21. The Hall–Kier alpha value is -1.16. The van der Waals surface area contributed by atoms with Gasteiger partial charge in [0, 0.05) is 18.6 Å². The van der Waals surface area contributed by atoms with Gasteiger partial charge in [-0.25, -0.2) is 4.98 Å². The first-order chi connectivity index (χ1) is 7.24. The van der Waals surface area contributed by atoms with Gasteiger partial charge >= 0.3 is 0 Å². The summed E-state index contributed by atoms with van der Waals surface area (Å²) in [6, 6.07) is 1.12. The second-order valence-electron chi connectivity index (χ2n) is 4.35. The molecule has 1 saturated carbocycles. The molecule has 2 rings (SSSR count). The predicted octanol–water partition coefficient (Wildman–Crippen LogP) is 1.55. The molecule has 82 valence electrons. The van der Waals surface area contributed by atoms with Crippen molar-refractivity contribution in [2.45, 2.75) is 45.3 Å².